The van der Waals surface area contributed by atoms with Crippen molar-refractivity contribution in [3.05, 3.63) is 40.4 Å². The molecule has 0 saturated heterocycles. The third-order valence-electron chi connectivity index (χ3n) is 3.70. The Labute approximate surface area is 124 Å². The van der Waals surface area contributed by atoms with Crippen molar-refractivity contribution in [1.82, 2.24) is 0 Å². The molecular weight excluding hydrogens is 274 g/mol. The van der Waals surface area contributed by atoms with E-state index in [1.54, 1.807) is 18.2 Å². The number of carbonyl (C=O) groups is 1. The van der Waals surface area contributed by atoms with Crippen LogP contribution in [0.15, 0.2) is 29.8 Å². The monoisotopic (exact) mass is 293 g/mol. The van der Waals surface area contributed by atoms with Crippen LogP contribution in [0, 0.1) is 5.41 Å². The lowest BCUT2D eigenvalue weighted by molar-refractivity contribution is 0.0697. The van der Waals surface area contributed by atoms with Crippen molar-refractivity contribution >= 4 is 23.3 Å². The molecule has 2 rings (SSSR count). The first-order chi connectivity index (χ1) is 9.29. The highest BCUT2D eigenvalue weighted by atomic mass is 35.5. The van der Waals surface area contributed by atoms with E-state index in [-0.39, 0.29) is 5.41 Å². The molecule has 1 aromatic rings. The molecule has 1 heterocycles. The predicted octanol–water partition coefficient (Wildman–Crippen LogP) is 4.22. The number of carboxylic acid groups (broad SMARTS) is 1. The van der Waals surface area contributed by atoms with Crippen LogP contribution < -0.4 is 4.90 Å². The smallest absolute Gasteiger partial charge is 0.337 e. The van der Waals surface area contributed by atoms with Crippen LogP contribution in [0.3, 0.4) is 0 Å². The summed E-state index contributed by atoms with van der Waals surface area (Å²) in [7, 11) is 0. The quantitative estimate of drug-likeness (QED) is 0.830. The first-order valence-corrected chi connectivity index (χ1v) is 7.14. The Balaban J connectivity index is 2.29. The normalized spacial score (nSPS) is 16.0. The molecule has 0 spiro atoms. The minimum atomic E-state index is -0.915. The molecule has 0 aliphatic carbocycles. The summed E-state index contributed by atoms with van der Waals surface area (Å²) in [4.78, 5) is 13.4. The molecule has 0 amide bonds. The molecular formula is C16H20ClNO2. The number of nitrogens with zero attached hydrogens (tertiary/aromatic N) is 1. The highest BCUT2D eigenvalue weighted by Crippen LogP contribution is 2.33. The van der Waals surface area contributed by atoms with Crippen molar-refractivity contribution in [3.8, 4) is 0 Å². The maximum atomic E-state index is 11.3. The number of hydrogen-bond donors (Lipinski definition) is 1. The molecule has 108 valence electrons. The summed E-state index contributed by atoms with van der Waals surface area (Å²) in [5.41, 5.74) is 2.61. The van der Waals surface area contributed by atoms with Gasteiger partial charge in [0.1, 0.15) is 0 Å². The van der Waals surface area contributed by atoms with Crippen molar-refractivity contribution in [3.63, 3.8) is 0 Å². The molecule has 0 saturated carbocycles. The van der Waals surface area contributed by atoms with Crippen LogP contribution in [0.4, 0.5) is 5.69 Å². The van der Waals surface area contributed by atoms with E-state index in [1.165, 1.54) is 5.57 Å². The molecule has 3 nitrogen and oxygen atoms in total. The van der Waals surface area contributed by atoms with Gasteiger partial charge in [-0.25, -0.2) is 4.79 Å². The second-order valence-electron chi connectivity index (χ2n) is 6.14. The fourth-order valence-electron chi connectivity index (χ4n) is 2.52. The number of carboxylic acids is 1. The second-order valence-corrected chi connectivity index (χ2v) is 6.58. The number of rotatable bonds is 2. The SMILES string of the molecule is CC(C)(C)C1=CCN(c2cc(Cl)ccc2C(=O)O)CC1. The van der Waals surface area contributed by atoms with E-state index in [0.717, 1.165) is 19.5 Å². The molecule has 0 unspecified atom stereocenters. The average Bonchev–Trinajstić information content (AvgIpc) is 2.37. The van der Waals surface area contributed by atoms with E-state index >= 15 is 0 Å². The third kappa shape index (κ3) is 3.15. The number of halogens is 1. The van der Waals surface area contributed by atoms with Gasteiger partial charge < -0.3 is 10.0 Å². The van der Waals surface area contributed by atoms with Crippen molar-refractivity contribution < 1.29 is 9.90 Å². The molecule has 0 fully saturated rings. The summed E-state index contributed by atoms with van der Waals surface area (Å²) in [6, 6.07) is 4.93. The Hall–Kier alpha value is -1.48. The summed E-state index contributed by atoms with van der Waals surface area (Å²) in [5.74, 6) is -0.915. The minimum Gasteiger partial charge on any atom is -0.478 e. The Bertz CT molecular complexity index is 558. The molecule has 0 atom stereocenters. The van der Waals surface area contributed by atoms with Gasteiger partial charge in [-0.1, -0.05) is 44.0 Å². The molecule has 0 aromatic heterocycles. The molecule has 1 N–H and O–H groups in total. The number of aromatic carboxylic acids is 1. The van der Waals surface area contributed by atoms with Crippen molar-refractivity contribution in [2.24, 2.45) is 5.41 Å². The van der Waals surface area contributed by atoms with Crippen molar-refractivity contribution in [2.45, 2.75) is 27.2 Å². The van der Waals surface area contributed by atoms with Gasteiger partial charge in [0.05, 0.1) is 11.3 Å². The van der Waals surface area contributed by atoms with Gasteiger partial charge in [0, 0.05) is 18.1 Å². The summed E-state index contributed by atoms with van der Waals surface area (Å²) in [5, 5.41) is 9.85. The maximum absolute atomic E-state index is 11.3. The first kappa shape index (κ1) is 14.9. The van der Waals surface area contributed by atoms with Crippen molar-refractivity contribution in [2.75, 3.05) is 18.0 Å². The van der Waals surface area contributed by atoms with Crippen LogP contribution in [-0.2, 0) is 0 Å². The van der Waals surface area contributed by atoms with Gasteiger partial charge in [-0.2, -0.15) is 0 Å². The van der Waals surface area contributed by atoms with Gasteiger partial charge in [0.15, 0.2) is 0 Å². The van der Waals surface area contributed by atoms with Gasteiger partial charge in [0.25, 0.3) is 0 Å². The van der Waals surface area contributed by atoms with Gasteiger partial charge in [-0.3, -0.25) is 0 Å². The lowest BCUT2D eigenvalue weighted by Gasteiger charge is -2.34. The Kier molecular flexibility index (Phi) is 4.09. The molecule has 0 radical (unpaired) electrons. The summed E-state index contributed by atoms with van der Waals surface area (Å²) in [6.07, 6.45) is 3.16. The maximum Gasteiger partial charge on any atom is 0.337 e. The van der Waals surface area contributed by atoms with E-state index in [9.17, 15) is 9.90 Å². The van der Waals surface area contributed by atoms with Gasteiger partial charge >= 0.3 is 5.97 Å². The second kappa shape index (κ2) is 5.49. The van der Waals surface area contributed by atoms with E-state index < -0.39 is 5.97 Å². The highest BCUT2D eigenvalue weighted by molar-refractivity contribution is 6.31. The fourth-order valence-corrected chi connectivity index (χ4v) is 2.68. The topological polar surface area (TPSA) is 40.5 Å². The van der Waals surface area contributed by atoms with E-state index in [4.69, 9.17) is 11.6 Å². The fraction of sp³-hybridized carbons (Fsp3) is 0.438. The zero-order valence-electron chi connectivity index (χ0n) is 12.1. The zero-order chi connectivity index (χ0) is 14.9. The predicted molar refractivity (Wildman–Crippen MR) is 82.8 cm³/mol. The minimum absolute atomic E-state index is 0.177. The number of anilines is 1. The van der Waals surface area contributed by atoms with Crippen LogP contribution in [0.2, 0.25) is 5.02 Å². The van der Waals surface area contributed by atoms with Crippen molar-refractivity contribution in [1.29, 1.82) is 0 Å². The molecule has 1 aromatic carbocycles. The number of benzene rings is 1. The first-order valence-electron chi connectivity index (χ1n) is 6.76. The average molecular weight is 294 g/mol. The van der Waals surface area contributed by atoms with Crippen LogP contribution >= 0.6 is 11.6 Å². The van der Waals surface area contributed by atoms with Crippen LogP contribution in [0.1, 0.15) is 37.6 Å². The summed E-state index contributed by atoms with van der Waals surface area (Å²) < 4.78 is 0. The standard InChI is InChI=1S/C16H20ClNO2/c1-16(2,3)11-6-8-18(9-7-11)14-10-12(17)4-5-13(14)15(19)20/h4-6,10H,7-9H2,1-3H3,(H,19,20). The molecule has 4 heteroatoms. The Morgan fingerprint density at radius 1 is 1.35 bits per heavy atom. The van der Waals surface area contributed by atoms with Crippen LogP contribution in [0.25, 0.3) is 0 Å². The zero-order valence-corrected chi connectivity index (χ0v) is 12.9. The van der Waals surface area contributed by atoms with Crippen LogP contribution in [0.5, 0.6) is 0 Å². The van der Waals surface area contributed by atoms with Gasteiger partial charge in [-0.05, 0) is 30.0 Å². The molecule has 1 aliphatic heterocycles. The molecule has 1 aliphatic rings. The van der Waals surface area contributed by atoms with Gasteiger partial charge in [-0.15, -0.1) is 0 Å². The van der Waals surface area contributed by atoms with E-state index in [0.29, 0.717) is 16.3 Å². The Morgan fingerprint density at radius 2 is 2.05 bits per heavy atom. The van der Waals surface area contributed by atoms with E-state index in [2.05, 4.69) is 31.7 Å². The highest BCUT2D eigenvalue weighted by Gasteiger charge is 2.23. The summed E-state index contributed by atoms with van der Waals surface area (Å²) in [6.45, 7) is 8.17. The molecule has 20 heavy (non-hydrogen) atoms. The van der Waals surface area contributed by atoms with E-state index in [1.807, 2.05) is 0 Å². The Morgan fingerprint density at radius 3 is 2.55 bits per heavy atom. The largest absolute Gasteiger partial charge is 0.478 e. The third-order valence-corrected chi connectivity index (χ3v) is 3.94. The lowest BCUT2D eigenvalue weighted by Crippen LogP contribution is -2.32. The molecule has 0 bridgehead atoms. The van der Waals surface area contributed by atoms with Crippen LogP contribution in [-0.4, -0.2) is 24.2 Å². The lowest BCUT2D eigenvalue weighted by atomic mass is 9.83. The van der Waals surface area contributed by atoms with Gasteiger partial charge in [0.2, 0.25) is 0 Å². The number of hydrogen-bond acceptors (Lipinski definition) is 2. The summed E-state index contributed by atoms with van der Waals surface area (Å²) >= 11 is 6.01.